The normalized spacial score (nSPS) is 13.9. The van der Waals surface area contributed by atoms with E-state index in [-0.39, 0.29) is 0 Å². The predicted octanol–water partition coefficient (Wildman–Crippen LogP) is 3.19. The molecule has 0 radical (unpaired) electrons. The van der Waals surface area contributed by atoms with Gasteiger partial charge in [-0.1, -0.05) is 23.7 Å². The van der Waals surface area contributed by atoms with Crippen LogP contribution in [0.2, 0.25) is 5.02 Å². The fraction of sp³-hybridized carbons (Fsp3) is 0.267. The van der Waals surface area contributed by atoms with Crippen molar-refractivity contribution in [2.45, 2.75) is 18.9 Å². The highest BCUT2D eigenvalue weighted by atomic mass is 35.5. The molecule has 4 heteroatoms. The molecule has 0 aliphatic rings. The summed E-state index contributed by atoms with van der Waals surface area (Å²) in [4.78, 5) is 3.94. The summed E-state index contributed by atoms with van der Waals surface area (Å²) in [6.45, 7) is 1.76. The highest BCUT2D eigenvalue weighted by molar-refractivity contribution is 6.31. The van der Waals surface area contributed by atoms with Gasteiger partial charge in [-0.3, -0.25) is 4.98 Å². The van der Waals surface area contributed by atoms with Crippen LogP contribution in [0.5, 0.6) is 5.75 Å². The van der Waals surface area contributed by atoms with Gasteiger partial charge in [-0.2, -0.15) is 0 Å². The van der Waals surface area contributed by atoms with Crippen LogP contribution in [-0.4, -0.2) is 17.2 Å². The Hall–Kier alpha value is -1.58. The highest BCUT2D eigenvalue weighted by Crippen LogP contribution is 2.29. The van der Waals surface area contributed by atoms with Gasteiger partial charge >= 0.3 is 0 Å². The SMILES string of the molecule is COc1cccc(C(C)(O)Cc2ccncc2Cl)c1. The van der Waals surface area contributed by atoms with E-state index in [1.807, 2.05) is 30.3 Å². The minimum atomic E-state index is -1.01. The Labute approximate surface area is 117 Å². The number of hydrogen-bond donors (Lipinski definition) is 1. The predicted molar refractivity (Wildman–Crippen MR) is 75.5 cm³/mol. The Morgan fingerprint density at radius 3 is 2.84 bits per heavy atom. The maximum Gasteiger partial charge on any atom is 0.119 e. The summed E-state index contributed by atoms with van der Waals surface area (Å²) in [5.74, 6) is 0.721. The van der Waals surface area contributed by atoms with Crippen molar-refractivity contribution in [2.75, 3.05) is 7.11 Å². The van der Waals surface area contributed by atoms with Crippen molar-refractivity contribution in [1.29, 1.82) is 0 Å². The maximum absolute atomic E-state index is 10.6. The second-order valence-electron chi connectivity index (χ2n) is 4.65. The number of rotatable bonds is 4. The number of benzene rings is 1. The Balaban J connectivity index is 2.29. The van der Waals surface area contributed by atoms with Crippen molar-refractivity contribution >= 4 is 11.6 Å². The van der Waals surface area contributed by atoms with Crippen molar-refractivity contribution in [3.05, 3.63) is 58.9 Å². The molecule has 100 valence electrons. The molecule has 2 aromatic rings. The molecule has 19 heavy (non-hydrogen) atoms. The first kappa shape index (κ1) is 13.8. The van der Waals surface area contributed by atoms with Crippen molar-refractivity contribution in [3.63, 3.8) is 0 Å². The summed E-state index contributed by atoms with van der Waals surface area (Å²) in [7, 11) is 1.60. The first-order valence-corrected chi connectivity index (χ1v) is 6.36. The molecule has 0 amide bonds. The quantitative estimate of drug-likeness (QED) is 0.933. The Morgan fingerprint density at radius 2 is 2.16 bits per heavy atom. The van der Waals surface area contributed by atoms with Gasteiger partial charge in [0.15, 0.2) is 0 Å². The lowest BCUT2D eigenvalue weighted by Crippen LogP contribution is -2.24. The molecule has 0 spiro atoms. The molecule has 3 nitrogen and oxygen atoms in total. The molecule has 1 unspecified atom stereocenters. The average Bonchev–Trinajstić information content (AvgIpc) is 2.41. The molecule has 0 saturated heterocycles. The molecule has 1 aromatic carbocycles. The van der Waals surface area contributed by atoms with Crippen molar-refractivity contribution in [2.24, 2.45) is 0 Å². The Morgan fingerprint density at radius 1 is 1.37 bits per heavy atom. The Bertz CT molecular complexity index is 570. The van der Waals surface area contributed by atoms with Crippen molar-refractivity contribution in [3.8, 4) is 5.75 Å². The number of aliphatic hydroxyl groups is 1. The average molecular weight is 278 g/mol. The lowest BCUT2D eigenvalue weighted by Gasteiger charge is -2.24. The topological polar surface area (TPSA) is 42.4 Å². The molecule has 1 N–H and O–H groups in total. The van der Waals surface area contributed by atoms with E-state index < -0.39 is 5.60 Å². The Kier molecular flexibility index (Phi) is 4.08. The third kappa shape index (κ3) is 3.25. The van der Waals surface area contributed by atoms with Gasteiger partial charge in [0.25, 0.3) is 0 Å². The van der Waals surface area contributed by atoms with Crippen molar-refractivity contribution < 1.29 is 9.84 Å². The summed E-state index contributed by atoms with van der Waals surface area (Å²) in [5, 5.41) is 11.2. The number of halogens is 1. The smallest absolute Gasteiger partial charge is 0.119 e. The third-order valence-corrected chi connectivity index (χ3v) is 3.42. The molecular formula is C15H16ClNO2. The maximum atomic E-state index is 10.6. The van der Waals surface area contributed by atoms with E-state index in [1.54, 1.807) is 26.4 Å². The van der Waals surface area contributed by atoms with Crippen LogP contribution in [-0.2, 0) is 12.0 Å². The van der Waals surface area contributed by atoms with Crippen LogP contribution in [0.3, 0.4) is 0 Å². The van der Waals surface area contributed by atoms with Gasteiger partial charge < -0.3 is 9.84 Å². The van der Waals surface area contributed by atoms with Crippen LogP contribution < -0.4 is 4.74 Å². The minimum absolute atomic E-state index is 0.418. The van der Waals surface area contributed by atoms with E-state index in [0.717, 1.165) is 16.9 Å². The summed E-state index contributed by atoms with van der Waals surface area (Å²) < 4.78 is 5.18. The molecule has 0 fully saturated rings. The first-order valence-electron chi connectivity index (χ1n) is 5.98. The molecule has 1 aromatic heterocycles. The van der Waals surface area contributed by atoms with Gasteiger partial charge in [0.1, 0.15) is 5.75 Å². The van der Waals surface area contributed by atoms with E-state index in [0.29, 0.717) is 11.4 Å². The largest absolute Gasteiger partial charge is 0.497 e. The van der Waals surface area contributed by atoms with E-state index in [1.165, 1.54) is 0 Å². The zero-order valence-corrected chi connectivity index (χ0v) is 11.7. The molecule has 0 aliphatic carbocycles. The standard InChI is InChI=1S/C15H16ClNO2/c1-15(18,9-11-6-7-17-10-14(11)16)12-4-3-5-13(8-12)19-2/h3-8,10,18H,9H2,1-2H3. The highest BCUT2D eigenvalue weighted by Gasteiger charge is 2.25. The summed E-state index contributed by atoms with van der Waals surface area (Å²) in [6.07, 6.45) is 3.67. The van der Waals surface area contributed by atoms with E-state index in [9.17, 15) is 5.11 Å². The van der Waals surface area contributed by atoms with E-state index >= 15 is 0 Å². The fourth-order valence-corrected chi connectivity index (χ4v) is 2.16. The molecule has 0 aliphatic heterocycles. The second kappa shape index (κ2) is 5.59. The number of methoxy groups -OCH3 is 1. The van der Waals surface area contributed by atoms with Crippen LogP contribution >= 0.6 is 11.6 Å². The van der Waals surface area contributed by atoms with E-state index in [2.05, 4.69) is 4.98 Å². The van der Waals surface area contributed by atoms with Crippen LogP contribution in [0.15, 0.2) is 42.7 Å². The monoisotopic (exact) mass is 277 g/mol. The molecule has 1 atom stereocenters. The molecule has 2 rings (SSSR count). The molecule has 0 bridgehead atoms. The molecular weight excluding hydrogens is 262 g/mol. The van der Waals surface area contributed by atoms with Crippen LogP contribution in [0.4, 0.5) is 0 Å². The number of nitrogens with zero attached hydrogens (tertiary/aromatic N) is 1. The van der Waals surface area contributed by atoms with Crippen LogP contribution in [0.25, 0.3) is 0 Å². The van der Waals surface area contributed by atoms with Gasteiger partial charge in [-0.15, -0.1) is 0 Å². The van der Waals surface area contributed by atoms with Crippen molar-refractivity contribution in [1.82, 2.24) is 4.98 Å². The third-order valence-electron chi connectivity index (χ3n) is 3.08. The first-order chi connectivity index (χ1) is 9.03. The van der Waals surface area contributed by atoms with Gasteiger partial charge in [0.2, 0.25) is 0 Å². The lowest BCUT2D eigenvalue weighted by atomic mass is 9.89. The van der Waals surface area contributed by atoms with Gasteiger partial charge in [0, 0.05) is 18.8 Å². The zero-order chi connectivity index (χ0) is 13.9. The zero-order valence-electron chi connectivity index (χ0n) is 10.9. The fourth-order valence-electron chi connectivity index (χ4n) is 1.98. The van der Waals surface area contributed by atoms with Crippen LogP contribution in [0, 0.1) is 0 Å². The summed E-state index contributed by atoms with van der Waals surface area (Å²) >= 11 is 6.08. The number of pyridine rings is 1. The number of hydrogen-bond acceptors (Lipinski definition) is 3. The summed E-state index contributed by atoms with van der Waals surface area (Å²) in [5.41, 5.74) is 0.642. The lowest BCUT2D eigenvalue weighted by molar-refractivity contribution is 0.0574. The van der Waals surface area contributed by atoms with Gasteiger partial charge in [0.05, 0.1) is 17.7 Å². The summed E-state index contributed by atoms with van der Waals surface area (Å²) in [6, 6.07) is 9.22. The molecule has 1 heterocycles. The van der Waals surface area contributed by atoms with Gasteiger partial charge in [-0.05, 0) is 36.2 Å². The number of aromatic nitrogens is 1. The van der Waals surface area contributed by atoms with Crippen LogP contribution in [0.1, 0.15) is 18.1 Å². The number of ether oxygens (including phenoxy) is 1. The second-order valence-corrected chi connectivity index (χ2v) is 5.06. The van der Waals surface area contributed by atoms with E-state index in [4.69, 9.17) is 16.3 Å². The molecule has 0 saturated carbocycles. The van der Waals surface area contributed by atoms with Gasteiger partial charge in [-0.25, -0.2) is 0 Å². The minimum Gasteiger partial charge on any atom is -0.497 e.